The predicted octanol–water partition coefficient (Wildman–Crippen LogP) is 4.84. The van der Waals surface area contributed by atoms with Gasteiger partial charge in [0, 0.05) is 15.5 Å². The number of para-hydroxylation sites is 1. The summed E-state index contributed by atoms with van der Waals surface area (Å²) < 4.78 is 6.45. The highest BCUT2D eigenvalue weighted by molar-refractivity contribution is 7.98. The van der Waals surface area contributed by atoms with Crippen LogP contribution in [0.4, 0.5) is 0 Å². The van der Waals surface area contributed by atoms with Crippen LogP contribution >= 0.6 is 19.9 Å². The molecule has 3 rings (SSSR count). The first-order chi connectivity index (χ1) is 10.9. The Morgan fingerprint density at radius 2 is 1.18 bits per heavy atom. The van der Waals surface area contributed by atoms with E-state index in [9.17, 15) is 0 Å². The molecule has 0 saturated carbocycles. The molecule has 0 spiro atoms. The summed E-state index contributed by atoms with van der Waals surface area (Å²) >= 11 is 1.71. The molecule has 0 fully saturated rings. The highest BCUT2D eigenvalue weighted by Gasteiger charge is 2.17. The van der Waals surface area contributed by atoms with Gasteiger partial charge in [0.2, 0.25) is 0 Å². The van der Waals surface area contributed by atoms with Gasteiger partial charge in [0.05, 0.1) is 0 Å². The average Bonchev–Trinajstić information content (AvgIpc) is 2.61. The maximum Gasteiger partial charge on any atom is 0.150 e. The summed E-state index contributed by atoms with van der Waals surface area (Å²) in [5, 5.41) is 2.44. The lowest BCUT2D eigenvalue weighted by molar-refractivity contribution is 0.613. The van der Waals surface area contributed by atoms with E-state index in [4.69, 9.17) is 4.52 Å². The largest absolute Gasteiger partial charge is 0.463 e. The Kier molecular flexibility index (Phi) is 5.15. The van der Waals surface area contributed by atoms with Gasteiger partial charge >= 0.3 is 0 Å². The normalized spacial score (nSPS) is 10.6. The molecule has 0 N–H and O–H groups in total. The van der Waals surface area contributed by atoms with Crippen molar-refractivity contribution in [2.24, 2.45) is 0 Å². The van der Waals surface area contributed by atoms with Gasteiger partial charge in [-0.15, -0.1) is 11.8 Å². The number of hydrogen-bond acceptors (Lipinski definition) is 2. The fraction of sp³-hybridized carbons (Fsp3) is 0.0526. The lowest BCUT2D eigenvalue weighted by atomic mass is 10.3. The lowest BCUT2D eigenvalue weighted by Crippen LogP contribution is -2.15. The first-order valence-corrected chi connectivity index (χ1v) is 9.58. The average molecular weight is 324 g/mol. The van der Waals surface area contributed by atoms with Gasteiger partial charge < -0.3 is 4.52 Å². The molecule has 110 valence electrons. The molecule has 0 unspecified atom stereocenters. The third kappa shape index (κ3) is 3.52. The summed E-state index contributed by atoms with van der Waals surface area (Å²) in [6, 6.07) is 29.1. The standard InChI is InChI=1S/C19H17OPS/c1-22-19-15-9-8-14-18(19)20-21(16-10-4-2-5-11-16)17-12-6-3-7-13-17/h2-15H,1H3. The highest BCUT2D eigenvalue weighted by atomic mass is 32.2. The second kappa shape index (κ2) is 7.49. The molecule has 0 aliphatic rings. The molecule has 0 aliphatic carbocycles. The van der Waals surface area contributed by atoms with E-state index >= 15 is 0 Å². The predicted molar refractivity (Wildman–Crippen MR) is 97.9 cm³/mol. The van der Waals surface area contributed by atoms with Gasteiger partial charge in [-0.25, -0.2) is 0 Å². The van der Waals surface area contributed by atoms with Crippen LogP contribution in [0.15, 0.2) is 89.8 Å². The first kappa shape index (κ1) is 15.1. The number of benzene rings is 3. The molecule has 0 radical (unpaired) electrons. The Morgan fingerprint density at radius 1 is 0.682 bits per heavy atom. The van der Waals surface area contributed by atoms with Crippen molar-refractivity contribution < 1.29 is 4.52 Å². The second-order valence-corrected chi connectivity index (χ2v) is 7.36. The summed E-state index contributed by atoms with van der Waals surface area (Å²) in [7, 11) is -0.862. The van der Waals surface area contributed by atoms with E-state index in [2.05, 4.69) is 60.9 Å². The van der Waals surface area contributed by atoms with E-state index in [1.807, 2.05) is 30.3 Å². The molecule has 1 nitrogen and oxygen atoms in total. The van der Waals surface area contributed by atoms with Crippen LogP contribution in [0.25, 0.3) is 0 Å². The van der Waals surface area contributed by atoms with Crippen LogP contribution < -0.4 is 15.1 Å². The van der Waals surface area contributed by atoms with E-state index in [-0.39, 0.29) is 0 Å². The molecule has 22 heavy (non-hydrogen) atoms. The molecule has 3 aromatic rings. The summed E-state index contributed by atoms with van der Waals surface area (Å²) in [4.78, 5) is 1.17. The van der Waals surface area contributed by atoms with E-state index in [0.717, 1.165) is 5.75 Å². The zero-order valence-corrected chi connectivity index (χ0v) is 14.1. The number of rotatable bonds is 5. The number of hydrogen-bond donors (Lipinski definition) is 0. The molecule has 0 aliphatic heterocycles. The van der Waals surface area contributed by atoms with Crippen molar-refractivity contribution in [1.82, 2.24) is 0 Å². The van der Waals surface area contributed by atoms with Crippen LogP contribution in [0.3, 0.4) is 0 Å². The summed E-state index contributed by atoms with van der Waals surface area (Å²) in [6.45, 7) is 0. The van der Waals surface area contributed by atoms with Gasteiger partial charge in [-0.2, -0.15) is 0 Å². The molecule has 3 aromatic carbocycles. The molecule has 0 heterocycles. The molecule has 0 amide bonds. The van der Waals surface area contributed by atoms with Crippen molar-refractivity contribution in [3.63, 3.8) is 0 Å². The quantitative estimate of drug-likeness (QED) is 0.491. The SMILES string of the molecule is CSc1ccccc1OP(c1ccccc1)c1ccccc1. The van der Waals surface area contributed by atoms with Crippen molar-refractivity contribution in [2.75, 3.05) is 6.26 Å². The van der Waals surface area contributed by atoms with Gasteiger partial charge in [0.25, 0.3) is 0 Å². The lowest BCUT2D eigenvalue weighted by Gasteiger charge is -2.20. The summed E-state index contributed by atoms with van der Waals surface area (Å²) in [5.41, 5.74) is 0. The van der Waals surface area contributed by atoms with Crippen LogP contribution in [0.5, 0.6) is 5.75 Å². The van der Waals surface area contributed by atoms with Gasteiger partial charge in [0.1, 0.15) is 5.75 Å². The van der Waals surface area contributed by atoms with Gasteiger partial charge in [-0.05, 0) is 18.4 Å². The van der Waals surface area contributed by atoms with Crippen LogP contribution in [0, 0.1) is 0 Å². The van der Waals surface area contributed by atoms with Crippen LogP contribution in [-0.2, 0) is 0 Å². The fourth-order valence-corrected chi connectivity index (χ4v) is 4.51. The molecule has 0 bridgehead atoms. The third-order valence-corrected chi connectivity index (χ3v) is 5.93. The highest BCUT2D eigenvalue weighted by Crippen LogP contribution is 2.40. The maximum absolute atomic E-state index is 6.45. The van der Waals surface area contributed by atoms with E-state index in [1.165, 1.54) is 15.5 Å². The van der Waals surface area contributed by atoms with Crippen LogP contribution in [-0.4, -0.2) is 6.26 Å². The van der Waals surface area contributed by atoms with Crippen molar-refractivity contribution in [1.29, 1.82) is 0 Å². The Bertz CT molecular complexity index is 676. The minimum absolute atomic E-state index is 0.862. The van der Waals surface area contributed by atoms with Crippen molar-refractivity contribution in [2.45, 2.75) is 4.90 Å². The molecule has 0 saturated heterocycles. The van der Waals surface area contributed by atoms with Gasteiger partial charge in [-0.1, -0.05) is 72.8 Å². The monoisotopic (exact) mass is 324 g/mol. The molecule has 0 atom stereocenters. The third-order valence-electron chi connectivity index (χ3n) is 3.24. The van der Waals surface area contributed by atoms with Crippen LogP contribution in [0.2, 0.25) is 0 Å². The van der Waals surface area contributed by atoms with Crippen molar-refractivity contribution >= 4 is 30.5 Å². The second-order valence-electron chi connectivity index (χ2n) is 4.71. The number of thioether (sulfide) groups is 1. The first-order valence-electron chi connectivity index (χ1n) is 7.10. The molecule has 0 aromatic heterocycles. The Labute approximate surface area is 137 Å². The van der Waals surface area contributed by atoms with E-state index in [0.29, 0.717) is 0 Å². The van der Waals surface area contributed by atoms with Gasteiger partial charge in [0.15, 0.2) is 8.15 Å². The maximum atomic E-state index is 6.45. The minimum Gasteiger partial charge on any atom is -0.463 e. The van der Waals surface area contributed by atoms with Crippen molar-refractivity contribution in [3.05, 3.63) is 84.9 Å². The molecular formula is C19H17OPS. The smallest absolute Gasteiger partial charge is 0.150 e. The molecule has 3 heteroatoms. The van der Waals surface area contributed by atoms with Gasteiger partial charge in [-0.3, -0.25) is 0 Å². The zero-order chi connectivity index (χ0) is 15.2. The van der Waals surface area contributed by atoms with E-state index in [1.54, 1.807) is 11.8 Å². The fourth-order valence-electron chi connectivity index (χ4n) is 2.17. The summed E-state index contributed by atoms with van der Waals surface area (Å²) in [5.74, 6) is 0.953. The summed E-state index contributed by atoms with van der Waals surface area (Å²) in [6.07, 6.45) is 2.08. The zero-order valence-electron chi connectivity index (χ0n) is 12.3. The Balaban J connectivity index is 1.99. The van der Waals surface area contributed by atoms with Crippen molar-refractivity contribution in [3.8, 4) is 5.75 Å². The topological polar surface area (TPSA) is 9.23 Å². The van der Waals surface area contributed by atoms with E-state index < -0.39 is 8.15 Å². The Morgan fingerprint density at radius 3 is 1.73 bits per heavy atom. The Hall–Kier alpha value is -1.76. The molecular weight excluding hydrogens is 307 g/mol. The minimum atomic E-state index is -0.862. The van der Waals surface area contributed by atoms with Crippen LogP contribution in [0.1, 0.15) is 0 Å².